The first-order valence-corrected chi connectivity index (χ1v) is 7.50. The van der Waals surface area contributed by atoms with Gasteiger partial charge in [0, 0.05) is 16.1 Å². The van der Waals surface area contributed by atoms with E-state index >= 15 is 0 Å². The molecule has 5 heteroatoms. The molecule has 20 heavy (non-hydrogen) atoms. The van der Waals surface area contributed by atoms with Crippen molar-refractivity contribution in [1.29, 1.82) is 0 Å². The van der Waals surface area contributed by atoms with Gasteiger partial charge in [-0.2, -0.15) is 0 Å². The molecular weight excluding hydrogens is 391 g/mol. The number of rotatable bonds is 3. The van der Waals surface area contributed by atoms with Crippen molar-refractivity contribution in [2.24, 2.45) is 0 Å². The average Bonchev–Trinajstić information content (AvgIpc) is 2.43. The van der Waals surface area contributed by atoms with Gasteiger partial charge in [-0.3, -0.25) is 0 Å². The Balaban J connectivity index is 2.55. The van der Waals surface area contributed by atoms with Gasteiger partial charge in [-0.15, -0.1) is 0 Å². The number of aliphatic hydroxyl groups is 1. The smallest absolute Gasteiger partial charge is 0.141 e. The van der Waals surface area contributed by atoms with Crippen LogP contribution >= 0.6 is 31.9 Å². The lowest BCUT2D eigenvalue weighted by atomic mass is 9.97. The molecule has 2 nitrogen and oxygen atoms in total. The van der Waals surface area contributed by atoms with Crippen molar-refractivity contribution < 1.29 is 14.2 Å². The van der Waals surface area contributed by atoms with E-state index in [0.29, 0.717) is 15.8 Å². The highest BCUT2D eigenvalue weighted by atomic mass is 79.9. The SMILES string of the molecule is COc1cc(F)c(Br)cc1C(O)c1cccc(Br)c1C. The fraction of sp³-hybridized carbons (Fsp3) is 0.200. The van der Waals surface area contributed by atoms with E-state index in [1.807, 2.05) is 25.1 Å². The van der Waals surface area contributed by atoms with E-state index in [0.717, 1.165) is 15.6 Å². The van der Waals surface area contributed by atoms with E-state index in [9.17, 15) is 9.50 Å². The molecule has 0 saturated carbocycles. The van der Waals surface area contributed by atoms with Gasteiger partial charge in [-0.25, -0.2) is 4.39 Å². The van der Waals surface area contributed by atoms with Crippen molar-refractivity contribution in [3.63, 3.8) is 0 Å². The van der Waals surface area contributed by atoms with Crippen molar-refractivity contribution in [2.75, 3.05) is 7.11 Å². The van der Waals surface area contributed by atoms with Gasteiger partial charge in [0.15, 0.2) is 0 Å². The highest BCUT2D eigenvalue weighted by molar-refractivity contribution is 9.10. The zero-order chi connectivity index (χ0) is 14.9. The fourth-order valence-corrected chi connectivity index (χ4v) is 2.76. The van der Waals surface area contributed by atoms with Crippen molar-refractivity contribution in [1.82, 2.24) is 0 Å². The van der Waals surface area contributed by atoms with E-state index < -0.39 is 11.9 Å². The summed E-state index contributed by atoms with van der Waals surface area (Å²) in [6.45, 7) is 1.91. The van der Waals surface area contributed by atoms with Gasteiger partial charge in [0.25, 0.3) is 0 Å². The summed E-state index contributed by atoms with van der Waals surface area (Å²) >= 11 is 6.57. The summed E-state index contributed by atoms with van der Waals surface area (Å²) in [5.74, 6) is -0.110. The molecule has 2 aromatic carbocycles. The molecule has 2 rings (SSSR count). The average molecular weight is 404 g/mol. The Kier molecular flexibility index (Phi) is 4.83. The van der Waals surface area contributed by atoms with Crippen molar-refractivity contribution >= 4 is 31.9 Å². The second-order valence-electron chi connectivity index (χ2n) is 4.36. The molecule has 0 fully saturated rings. The van der Waals surface area contributed by atoms with Crippen molar-refractivity contribution in [2.45, 2.75) is 13.0 Å². The predicted molar refractivity (Wildman–Crippen MR) is 83.6 cm³/mol. The molecular formula is C15H13Br2FO2. The Morgan fingerprint density at radius 3 is 2.50 bits per heavy atom. The van der Waals surface area contributed by atoms with E-state index in [4.69, 9.17) is 4.74 Å². The van der Waals surface area contributed by atoms with Crippen LogP contribution in [0.25, 0.3) is 0 Å². The second kappa shape index (κ2) is 6.24. The Bertz CT molecular complexity index is 644. The number of benzene rings is 2. The standard InChI is InChI=1S/C15H13Br2FO2/c1-8-9(4-3-5-11(8)16)15(19)10-6-12(17)13(18)7-14(10)20-2/h3-7,15,19H,1-2H3. The van der Waals surface area contributed by atoms with Gasteiger partial charge in [0.05, 0.1) is 11.6 Å². The topological polar surface area (TPSA) is 29.5 Å². The molecule has 1 atom stereocenters. The molecule has 0 aliphatic heterocycles. The summed E-state index contributed by atoms with van der Waals surface area (Å²) < 4.78 is 19.9. The number of hydrogen-bond acceptors (Lipinski definition) is 2. The molecule has 0 aliphatic carbocycles. The van der Waals surface area contributed by atoms with Crippen LogP contribution in [0.1, 0.15) is 22.8 Å². The fourth-order valence-electron chi connectivity index (χ4n) is 2.02. The van der Waals surface area contributed by atoms with E-state index in [1.54, 1.807) is 6.07 Å². The van der Waals surface area contributed by atoms with Crippen molar-refractivity contribution in [3.05, 3.63) is 61.8 Å². The summed E-state index contributed by atoms with van der Waals surface area (Å²) in [5, 5.41) is 10.6. The Morgan fingerprint density at radius 1 is 1.15 bits per heavy atom. The van der Waals surface area contributed by atoms with Crippen LogP contribution in [0, 0.1) is 12.7 Å². The van der Waals surface area contributed by atoms with E-state index in [-0.39, 0.29) is 0 Å². The quantitative estimate of drug-likeness (QED) is 0.801. The zero-order valence-electron chi connectivity index (χ0n) is 11.0. The van der Waals surface area contributed by atoms with Crippen LogP contribution in [-0.2, 0) is 0 Å². The van der Waals surface area contributed by atoms with Crippen LogP contribution in [0.3, 0.4) is 0 Å². The van der Waals surface area contributed by atoms with Crippen LogP contribution < -0.4 is 4.74 Å². The maximum Gasteiger partial charge on any atom is 0.141 e. The maximum atomic E-state index is 13.5. The Hall–Kier alpha value is -0.910. The highest BCUT2D eigenvalue weighted by Crippen LogP contribution is 2.36. The molecule has 0 radical (unpaired) electrons. The van der Waals surface area contributed by atoms with Gasteiger partial charge in [-0.05, 0) is 46.1 Å². The molecule has 0 saturated heterocycles. The first-order valence-electron chi connectivity index (χ1n) is 5.91. The van der Waals surface area contributed by atoms with Gasteiger partial charge in [0.2, 0.25) is 0 Å². The largest absolute Gasteiger partial charge is 0.496 e. The summed E-state index contributed by atoms with van der Waals surface area (Å²) in [7, 11) is 1.45. The summed E-state index contributed by atoms with van der Waals surface area (Å²) in [4.78, 5) is 0. The third-order valence-electron chi connectivity index (χ3n) is 3.17. The minimum atomic E-state index is -0.889. The third-order valence-corrected chi connectivity index (χ3v) is 4.64. The highest BCUT2D eigenvalue weighted by Gasteiger charge is 2.20. The zero-order valence-corrected chi connectivity index (χ0v) is 14.1. The van der Waals surface area contributed by atoms with Crippen LogP contribution in [0.15, 0.2) is 39.3 Å². The number of halogens is 3. The summed E-state index contributed by atoms with van der Waals surface area (Å²) in [6, 6.07) is 8.39. The van der Waals surface area contributed by atoms with Crippen LogP contribution in [-0.4, -0.2) is 12.2 Å². The lowest BCUT2D eigenvalue weighted by Crippen LogP contribution is -2.05. The molecule has 0 amide bonds. The monoisotopic (exact) mass is 402 g/mol. The molecule has 2 aromatic rings. The first-order chi connectivity index (χ1) is 9.45. The van der Waals surface area contributed by atoms with Gasteiger partial charge in [-0.1, -0.05) is 28.1 Å². The van der Waals surface area contributed by atoms with E-state index in [2.05, 4.69) is 31.9 Å². The minimum absolute atomic E-state index is 0.292. The minimum Gasteiger partial charge on any atom is -0.496 e. The van der Waals surface area contributed by atoms with Crippen LogP contribution in [0.5, 0.6) is 5.75 Å². The number of ether oxygens (including phenoxy) is 1. The molecule has 1 N–H and O–H groups in total. The molecule has 0 aliphatic rings. The lowest BCUT2D eigenvalue weighted by molar-refractivity contribution is 0.213. The first kappa shape index (κ1) is 15.5. The molecule has 0 bridgehead atoms. The normalized spacial score (nSPS) is 12.3. The van der Waals surface area contributed by atoms with Gasteiger partial charge in [0.1, 0.15) is 17.7 Å². The number of hydrogen-bond donors (Lipinski definition) is 1. The van der Waals surface area contributed by atoms with E-state index in [1.165, 1.54) is 13.2 Å². The van der Waals surface area contributed by atoms with Gasteiger partial charge >= 0.3 is 0 Å². The number of methoxy groups -OCH3 is 1. The summed E-state index contributed by atoms with van der Waals surface area (Å²) in [5.41, 5.74) is 2.20. The molecule has 0 heterocycles. The molecule has 0 spiro atoms. The summed E-state index contributed by atoms with van der Waals surface area (Å²) in [6.07, 6.45) is -0.889. The molecule has 1 unspecified atom stereocenters. The Morgan fingerprint density at radius 2 is 1.85 bits per heavy atom. The molecule has 0 aromatic heterocycles. The third kappa shape index (κ3) is 2.90. The van der Waals surface area contributed by atoms with Crippen LogP contribution in [0.2, 0.25) is 0 Å². The van der Waals surface area contributed by atoms with Crippen molar-refractivity contribution in [3.8, 4) is 5.75 Å². The predicted octanol–water partition coefficient (Wildman–Crippen LogP) is 4.75. The lowest BCUT2D eigenvalue weighted by Gasteiger charge is -2.18. The van der Waals surface area contributed by atoms with Crippen LogP contribution in [0.4, 0.5) is 4.39 Å². The second-order valence-corrected chi connectivity index (χ2v) is 6.07. The Labute approximate surface area is 133 Å². The molecule has 106 valence electrons. The van der Waals surface area contributed by atoms with Gasteiger partial charge < -0.3 is 9.84 Å². The maximum absolute atomic E-state index is 13.5. The number of aliphatic hydroxyl groups excluding tert-OH is 1.